The number of carbonyl (C=O) groups is 1. The average molecular weight is 295 g/mol. The summed E-state index contributed by atoms with van der Waals surface area (Å²) in [6.45, 7) is 0.872. The van der Waals surface area contributed by atoms with Crippen LogP contribution in [-0.2, 0) is 14.2 Å². The van der Waals surface area contributed by atoms with E-state index in [2.05, 4.69) is 0 Å². The van der Waals surface area contributed by atoms with Crippen LogP contribution in [0.15, 0.2) is 24.3 Å². The molecule has 0 N–H and O–H groups in total. The summed E-state index contributed by atoms with van der Waals surface area (Å²) in [6.07, 6.45) is -0.768. The lowest BCUT2D eigenvalue weighted by molar-refractivity contribution is -0.384. The van der Waals surface area contributed by atoms with Gasteiger partial charge in [-0.2, -0.15) is 0 Å². The lowest BCUT2D eigenvalue weighted by atomic mass is 10.0. The Hall–Kier alpha value is -2.19. The van der Waals surface area contributed by atoms with Crippen LogP contribution in [0.25, 0.3) is 0 Å². The number of nitro benzene ring substituents is 1. The molecule has 1 aromatic rings. The third-order valence-corrected chi connectivity index (χ3v) is 3.48. The van der Waals surface area contributed by atoms with Gasteiger partial charge in [-0.1, -0.05) is 0 Å². The molecule has 8 heteroatoms. The highest BCUT2D eigenvalue weighted by Crippen LogP contribution is 2.33. The predicted molar refractivity (Wildman–Crippen MR) is 67.8 cm³/mol. The van der Waals surface area contributed by atoms with Crippen LogP contribution in [-0.4, -0.2) is 36.7 Å². The Kier molecular flexibility index (Phi) is 3.72. The van der Waals surface area contributed by atoms with Gasteiger partial charge in [0.2, 0.25) is 0 Å². The summed E-state index contributed by atoms with van der Waals surface area (Å²) < 4.78 is 20.9. The third-order valence-electron chi connectivity index (χ3n) is 3.48. The summed E-state index contributed by atoms with van der Waals surface area (Å²) in [4.78, 5) is 21.7. The van der Waals surface area contributed by atoms with Crippen LogP contribution in [0, 0.1) is 16.0 Å². The topological polar surface area (TPSA) is 97.1 Å². The number of carbonyl (C=O) groups excluding carboxylic acids is 1. The van der Waals surface area contributed by atoms with E-state index in [0.717, 1.165) is 6.42 Å². The monoisotopic (exact) mass is 295 g/mol. The molecule has 8 nitrogen and oxygen atoms in total. The minimum absolute atomic E-state index is 0.0365. The van der Waals surface area contributed by atoms with Crippen LogP contribution in [0.5, 0.6) is 5.75 Å². The average Bonchev–Trinajstić information content (AvgIpc) is 3.04. The Labute approximate surface area is 119 Å². The van der Waals surface area contributed by atoms with Crippen molar-refractivity contribution in [2.24, 2.45) is 5.92 Å². The first kappa shape index (κ1) is 13.8. The molecule has 0 aromatic heterocycles. The van der Waals surface area contributed by atoms with E-state index in [1.54, 1.807) is 0 Å². The number of hydrogen-bond acceptors (Lipinski definition) is 7. The van der Waals surface area contributed by atoms with E-state index in [1.807, 2.05) is 0 Å². The summed E-state index contributed by atoms with van der Waals surface area (Å²) in [5.41, 5.74) is -0.0779. The molecule has 21 heavy (non-hydrogen) atoms. The van der Waals surface area contributed by atoms with Gasteiger partial charge in [0.25, 0.3) is 5.69 Å². The van der Waals surface area contributed by atoms with Crippen molar-refractivity contribution in [3.05, 3.63) is 34.4 Å². The van der Waals surface area contributed by atoms with Gasteiger partial charge in [0, 0.05) is 12.1 Å². The zero-order valence-corrected chi connectivity index (χ0v) is 11.0. The summed E-state index contributed by atoms with van der Waals surface area (Å²) in [6, 6.07) is 5.18. The van der Waals surface area contributed by atoms with Crippen molar-refractivity contribution in [3.63, 3.8) is 0 Å². The van der Waals surface area contributed by atoms with E-state index in [1.165, 1.54) is 24.3 Å². The minimum Gasteiger partial charge on any atom is -0.428 e. The van der Waals surface area contributed by atoms with Crippen LogP contribution in [0.3, 0.4) is 0 Å². The summed E-state index contributed by atoms with van der Waals surface area (Å²) >= 11 is 0. The number of benzene rings is 1. The maximum Gasteiger partial charge on any atom is 0.514 e. The minimum atomic E-state index is -0.856. The van der Waals surface area contributed by atoms with Crippen molar-refractivity contribution < 1.29 is 28.7 Å². The molecule has 0 spiro atoms. The lowest BCUT2D eigenvalue weighted by Gasteiger charge is -2.15. The number of nitrogens with zero attached hydrogens (tertiary/aromatic N) is 1. The Morgan fingerprint density at radius 3 is 2.76 bits per heavy atom. The van der Waals surface area contributed by atoms with Gasteiger partial charge in [0.05, 0.1) is 24.1 Å². The van der Waals surface area contributed by atoms with Gasteiger partial charge in [-0.25, -0.2) is 4.79 Å². The Morgan fingerprint density at radius 1 is 1.29 bits per heavy atom. The first-order valence-electron chi connectivity index (χ1n) is 6.49. The Morgan fingerprint density at radius 2 is 2.05 bits per heavy atom. The van der Waals surface area contributed by atoms with Crippen LogP contribution in [0.4, 0.5) is 10.5 Å². The maximum atomic E-state index is 11.7. The highest BCUT2D eigenvalue weighted by Gasteiger charge is 2.44. The number of nitro groups is 1. The molecule has 0 aliphatic carbocycles. The van der Waals surface area contributed by atoms with E-state index < -0.39 is 11.1 Å². The first-order valence-corrected chi connectivity index (χ1v) is 6.49. The fraction of sp³-hybridized carbons (Fsp3) is 0.462. The van der Waals surface area contributed by atoms with E-state index in [4.69, 9.17) is 18.9 Å². The number of hydrogen-bond donors (Lipinski definition) is 0. The van der Waals surface area contributed by atoms with Gasteiger partial charge in [0.1, 0.15) is 11.9 Å². The molecule has 1 unspecified atom stereocenters. The standard InChI is InChI=1S/C13H13NO7/c15-13(20-9-3-1-8(2-4-9)14(16)17)21-11-7-19-12-10(11)5-6-18-12/h1-4,10-12H,5-7H2/t10-,11?,12+/m1/s1. The van der Waals surface area contributed by atoms with E-state index >= 15 is 0 Å². The number of fused-ring (bicyclic) bond motifs is 1. The molecule has 2 fully saturated rings. The molecule has 2 aliphatic rings. The molecule has 0 bridgehead atoms. The van der Waals surface area contributed by atoms with Crippen LogP contribution >= 0.6 is 0 Å². The molecule has 2 heterocycles. The quantitative estimate of drug-likeness (QED) is 0.363. The molecular formula is C13H13NO7. The molecule has 112 valence electrons. The first-order chi connectivity index (χ1) is 10.1. The predicted octanol–water partition coefficient (Wildman–Crippen LogP) is 1.87. The molecule has 0 amide bonds. The van der Waals surface area contributed by atoms with Crippen molar-refractivity contribution in [1.29, 1.82) is 0 Å². The SMILES string of the molecule is O=C(Oc1ccc([N+](=O)[O-])cc1)OC1CO[C@@H]2OCC[C@H]12. The second kappa shape index (κ2) is 5.66. The Balaban J connectivity index is 1.55. The van der Waals surface area contributed by atoms with Crippen molar-refractivity contribution in [1.82, 2.24) is 0 Å². The maximum absolute atomic E-state index is 11.7. The van der Waals surface area contributed by atoms with Gasteiger partial charge >= 0.3 is 6.16 Å². The molecule has 2 aliphatic heterocycles. The normalized spacial score (nSPS) is 27.1. The molecule has 3 rings (SSSR count). The largest absolute Gasteiger partial charge is 0.514 e. The second-order valence-corrected chi connectivity index (χ2v) is 4.78. The van der Waals surface area contributed by atoms with Crippen LogP contribution in [0.2, 0.25) is 0 Å². The second-order valence-electron chi connectivity index (χ2n) is 4.78. The Bertz CT molecular complexity index is 544. The molecule has 2 saturated heterocycles. The summed E-state index contributed by atoms with van der Waals surface area (Å²) in [5.74, 6) is 0.221. The van der Waals surface area contributed by atoms with Crippen LogP contribution in [0.1, 0.15) is 6.42 Å². The van der Waals surface area contributed by atoms with Crippen molar-refractivity contribution in [2.75, 3.05) is 13.2 Å². The molecule has 0 saturated carbocycles. The smallest absolute Gasteiger partial charge is 0.428 e. The van der Waals surface area contributed by atoms with Gasteiger partial charge in [-0.05, 0) is 18.6 Å². The van der Waals surface area contributed by atoms with E-state index in [-0.39, 0.29) is 36.4 Å². The van der Waals surface area contributed by atoms with Gasteiger partial charge in [0.15, 0.2) is 6.29 Å². The van der Waals surface area contributed by atoms with Gasteiger partial charge in [-0.3, -0.25) is 10.1 Å². The molecule has 1 aromatic carbocycles. The van der Waals surface area contributed by atoms with Gasteiger partial charge in [-0.15, -0.1) is 0 Å². The van der Waals surface area contributed by atoms with Gasteiger partial charge < -0.3 is 18.9 Å². The van der Waals surface area contributed by atoms with E-state index in [9.17, 15) is 14.9 Å². The summed E-state index contributed by atoms with van der Waals surface area (Å²) in [5, 5.41) is 10.5. The molecule has 3 atom stereocenters. The zero-order chi connectivity index (χ0) is 14.8. The number of rotatable bonds is 3. The van der Waals surface area contributed by atoms with Crippen molar-refractivity contribution >= 4 is 11.8 Å². The fourth-order valence-corrected chi connectivity index (χ4v) is 2.43. The third kappa shape index (κ3) is 2.96. The zero-order valence-electron chi connectivity index (χ0n) is 11.0. The van der Waals surface area contributed by atoms with Crippen molar-refractivity contribution in [2.45, 2.75) is 18.8 Å². The molecular weight excluding hydrogens is 282 g/mol. The number of non-ortho nitro benzene ring substituents is 1. The lowest BCUT2D eigenvalue weighted by Crippen LogP contribution is -2.27. The van der Waals surface area contributed by atoms with Crippen molar-refractivity contribution in [3.8, 4) is 5.75 Å². The highest BCUT2D eigenvalue weighted by molar-refractivity contribution is 5.64. The highest BCUT2D eigenvalue weighted by atomic mass is 16.8. The number of ether oxygens (including phenoxy) is 4. The molecule has 0 radical (unpaired) electrons. The summed E-state index contributed by atoms with van der Waals surface area (Å²) in [7, 11) is 0. The van der Waals surface area contributed by atoms with E-state index in [0.29, 0.717) is 6.61 Å². The fourth-order valence-electron chi connectivity index (χ4n) is 2.43. The van der Waals surface area contributed by atoms with Crippen LogP contribution < -0.4 is 4.74 Å².